The summed E-state index contributed by atoms with van der Waals surface area (Å²) in [6, 6.07) is 13.8. The standard InChI is InChI=1S/C23H33N5/c1-3-21-17-23(25-19(2)24-21)28-11-9-22(10-12-28)27-15-13-26(14-16-27)18-20-7-5-4-6-8-20/h4-8,17,22H,3,9-16,18H2,1-2H3. The third kappa shape index (κ3) is 4.70. The van der Waals surface area contributed by atoms with E-state index in [4.69, 9.17) is 0 Å². The molecule has 2 aliphatic heterocycles. The normalized spacial score (nSPS) is 19.9. The third-order valence-corrected chi connectivity index (χ3v) is 6.20. The smallest absolute Gasteiger partial charge is 0.132 e. The van der Waals surface area contributed by atoms with Crippen molar-refractivity contribution in [1.82, 2.24) is 19.8 Å². The van der Waals surface area contributed by atoms with Gasteiger partial charge in [0, 0.05) is 63.6 Å². The summed E-state index contributed by atoms with van der Waals surface area (Å²) in [7, 11) is 0. The molecule has 0 atom stereocenters. The van der Waals surface area contributed by atoms with Crippen molar-refractivity contribution in [2.75, 3.05) is 44.2 Å². The zero-order valence-electron chi connectivity index (χ0n) is 17.3. The van der Waals surface area contributed by atoms with Crippen LogP contribution in [0.5, 0.6) is 0 Å². The molecule has 150 valence electrons. The topological polar surface area (TPSA) is 35.5 Å². The lowest BCUT2D eigenvalue weighted by atomic mass is 10.0. The molecule has 2 aliphatic rings. The molecule has 0 saturated carbocycles. The van der Waals surface area contributed by atoms with Crippen molar-refractivity contribution < 1.29 is 0 Å². The first-order chi connectivity index (χ1) is 13.7. The molecule has 28 heavy (non-hydrogen) atoms. The van der Waals surface area contributed by atoms with Gasteiger partial charge >= 0.3 is 0 Å². The Hall–Kier alpha value is -1.98. The number of benzene rings is 1. The highest BCUT2D eigenvalue weighted by molar-refractivity contribution is 5.40. The molecule has 0 amide bonds. The molecule has 2 saturated heterocycles. The highest BCUT2D eigenvalue weighted by atomic mass is 15.3. The fourth-order valence-corrected chi connectivity index (χ4v) is 4.54. The van der Waals surface area contributed by atoms with E-state index in [0.717, 1.165) is 49.4 Å². The van der Waals surface area contributed by atoms with Crippen LogP contribution in [0.2, 0.25) is 0 Å². The molecule has 0 radical (unpaired) electrons. The maximum atomic E-state index is 4.69. The maximum absolute atomic E-state index is 4.69. The molecule has 0 unspecified atom stereocenters. The molecule has 1 aromatic carbocycles. The average Bonchev–Trinajstić information content (AvgIpc) is 2.75. The van der Waals surface area contributed by atoms with Crippen molar-refractivity contribution in [3.05, 3.63) is 53.5 Å². The van der Waals surface area contributed by atoms with E-state index in [2.05, 4.69) is 68.0 Å². The molecule has 0 bridgehead atoms. The average molecular weight is 380 g/mol. The van der Waals surface area contributed by atoms with Crippen LogP contribution in [0.25, 0.3) is 0 Å². The van der Waals surface area contributed by atoms with Gasteiger partial charge in [0.05, 0.1) is 0 Å². The zero-order valence-corrected chi connectivity index (χ0v) is 17.3. The van der Waals surface area contributed by atoms with E-state index in [1.165, 1.54) is 44.6 Å². The summed E-state index contributed by atoms with van der Waals surface area (Å²) in [5.74, 6) is 2.02. The van der Waals surface area contributed by atoms with Crippen molar-refractivity contribution in [3.8, 4) is 0 Å². The molecular formula is C23H33N5. The van der Waals surface area contributed by atoms with Crippen molar-refractivity contribution in [1.29, 1.82) is 0 Å². The number of nitrogens with zero attached hydrogens (tertiary/aromatic N) is 5. The lowest BCUT2D eigenvalue weighted by molar-refractivity contribution is 0.0811. The molecule has 2 fully saturated rings. The number of hydrogen-bond donors (Lipinski definition) is 0. The van der Waals surface area contributed by atoms with E-state index in [-0.39, 0.29) is 0 Å². The monoisotopic (exact) mass is 379 g/mol. The molecule has 5 nitrogen and oxygen atoms in total. The molecule has 4 rings (SSSR count). The van der Waals surface area contributed by atoms with Crippen LogP contribution in [0.3, 0.4) is 0 Å². The van der Waals surface area contributed by atoms with Gasteiger partial charge in [-0.05, 0) is 31.7 Å². The molecule has 3 heterocycles. The number of anilines is 1. The minimum absolute atomic E-state index is 0.726. The largest absolute Gasteiger partial charge is 0.356 e. The molecular weight excluding hydrogens is 346 g/mol. The summed E-state index contributed by atoms with van der Waals surface area (Å²) in [6.45, 7) is 12.2. The highest BCUT2D eigenvalue weighted by Crippen LogP contribution is 2.23. The van der Waals surface area contributed by atoms with E-state index in [0.29, 0.717) is 0 Å². The van der Waals surface area contributed by atoms with Crippen LogP contribution in [0.1, 0.15) is 36.8 Å². The predicted molar refractivity (Wildman–Crippen MR) is 115 cm³/mol. The number of aryl methyl sites for hydroxylation is 2. The summed E-state index contributed by atoms with van der Waals surface area (Å²) < 4.78 is 0. The molecule has 0 spiro atoms. The fourth-order valence-electron chi connectivity index (χ4n) is 4.54. The van der Waals surface area contributed by atoms with Gasteiger partial charge in [-0.15, -0.1) is 0 Å². The summed E-state index contributed by atoms with van der Waals surface area (Å²) in [5.41, 5.74) is 2.58. The van der Waals surface area contributed by atoms with Gasteiger partial charge < -0.3 is 4.90 Å². The Balaban J connectivity index is 1.26. The van der Waals surface area contributed by atoms with E-state index in [9.17, 15) is 0 Å². The lowest BCUT2D eigenvalue weighted by Crippen LogP contribution is -2.53. The van der Waals surface area contributed by atoms with E-state index in [1.54, 1.807) is 0 Å². The number of piperazine rings is 1. The SMILES string of the molecule is CCc1cc(N2CCC(N3CCN(Cc4ccccc4)CC3)CC2)nc(C)n1. The second-order valence-electron chi connectivity index (χ2n) is 8.13. The van der Waals surface area contributed by atoms with Crippen molar-refractivity contribution >= 4 is 5.82 Å². The minimum atomic E-state index is 0.726. The van der Waals surface area contributed by atoms with Crippen LogP contribution in [0, 0.1) is 6.92 Å². The van der Waals surface area contributed by atoms with Gasteiger partial charge in [0.25, 0.3) is 0 Å². The van der Waals surface area contributed by atoms with Gasteiger partial charge in [-0.25, -0.2) is 9.97 Å². The highest BCUT2D eigenvalue weighted by Gasteiger charge is 2.28. The van der Waals surface area contributed by atoms with E-state index in [1.807, 2.05) is 6.92 Å². The summed E-state index contributed by atoms with van der Waals surface area (Å²) >= 11 is 0. The maximum Gasteiger partial charge on any atom is 0.132 e. The predicted octanol–water partition coefficient (Wildman–Crippen LogP) is 3.13. The van der Waals surface area contributed by atoms with Gasteiger partial charge in [-0.2, -0.15) is 0 Å². The number of piperidine rings is 1. The Morgan fingerprint density at radius 3 is 2.32 bits per heavy atom. The Morgan fingerprint density at radius 2 is 1.64 bits per heavy atom. The van der Waals surface area contributed by atoms with Crippen LogP contribution in [0.4, 0.5) is 5.82 Å². The molecule has 1 aromatic heterocycles. The Kier molecular flexibility index (Phi) is 6.23. The summed E-state index contributed by atoms with van der Waals surface area (Å²) in [4.78, 5) is 17.0. The van der Waals surface area contributed by atoms with Gasteiger partial charge in [0.2, 0.25) is 0 Å². The van der Waals surface area contributed by atoms with Crippen LogP contribution in [0.15, 0.2) is 36.4 Å². The molecule has 2 aromatic rings. The van der Waals surface area contributed by atoms with E-state index >= 15 is 0 Å². The summed E-state index contributed by atoms with van der Waals surface area (Å²) in [5, 5.41) is 0. The van der Waals surface area contributed by atoms with E-state index < -0.39 is 0 Å². The van der Waals surface area contributed by atoms with Crippen LogP contribution in [-0.2, 0) is 13.0 Å². The third-order valence-electron chi connectivity index (χ3n) is 6.20. The zero-order chi connectivity index (χ0) is 19.3. The van der Waals surface area contributed by atoms with Gasteiger partial charge in [0.15, 0.2) is 0 Å². The first-order valence-corrected chi connectivity index (χ1v) is 10.8. The van der Waals surface area contributed by atoms with Crippen LogP contribution in [-0.4, -0.2) is 65.1 Å². The van der Waals surface area contributed by atoms with Crippen molar-refractivity contribution in [2.45, 2.75) is 45.7 Å². The Morgan fingerprint density at radius 1 is 0.929 bits per heavy atom. The quantitative estimate of drug-likeness (QED) is 0.798. The van der Waals surface area contributed by atoms with Crippen molar-refractivity contribution in [2.24, 2.45) is 0 Å². The summed E-state index contributed by atoms with van der Waals surface area (Å²) in [6.07, 6.45) is 3.45. The molecule has 0 N–H and O–H groups in total. The fraction of sp³-hybridized carbons (Fsp3) is 0.565. The number of hydrogen-bond acceptors (Lipinski definition) is 5. The van der Waals surface area contributed by atoms with Crippen LogP contribution >= 0.6 is 0 Å². The second-order valence-corrected chi connectivity index (χ2v) is 8.13. The second kappa shape index (κ2) is 9.01. The first kappa shape index (κ1) is 19.3. The first-order valence-electron chi connectivity index (χ1n) is 10.8. The lowest BCUT2D eigenvalue weighted by Gasteiger charge is -2.43. The molecule has 5 heteroatoms. The van der Waals surface area contributed by atoms with Gasteiger partial charge in [-0.3, -0.25) is 9.80 Å². The van der Waals surface area contributed by atoms with Gasteiger partial charge in [-0.1, -0.05) is 37.3 Å². The minimum Gasteiger partial charge on any atom is -0.356 e. The molecule has 0 aliphatic carbocycles. The van der Waals surface area contributed by atoms with Gasteiger partial charge in [0.1, 0.15) is 11.6 Å². The Bertz CT molecular complexity index is 747. The van der Waals surface area contributed by atoms with Crippen molar-refractivity contribution in [3.63, 3.8) is 0 Å². The Labute approximate surface area is 169 Å². The van der Waals surface area contributed by atoms with Crippen LogP contribution < -0.4 is 4.90 Å². The number of rotatable bonds is 5. The number of aromatic nitrogens is 2.